The molecule has 0 radical (unpaired) electrons. The average molecular weight is 487 g/mol. The van der Waals surface area contributed by atoms with Crippen LogP contribution < -0.4 is 4.74 Å². The summed E-state index contributed by atoms with van der Waals surface area (Å²) in [5, 5.41) is 5.00. The molecule has 4 aromatic rings. The lowest BCUT2D eigenvalue weighted by Crippen LogP contribution is -2.51. The summed E-state index contributed by atoms with van der Waals surface area (Å²) in [4.78, 5) is 12.7. The number of benzene rings is 3. The van der Waals surface area contributed by atoms with Crippen molar-refractivity contribution in [1.29, 1.82) is 0 Å². The predicted octanol–water partition coefficient (Wildman–Crippen LogP) is 5.72. The Morgan fingerprint density at radius 2 is 1.71 bits per heavy atom. The molecule has 5 nitrogen and oxygen atoms in total. The molecule has 180 valence electrons. The Hall–Kier alpha value is -3.95. The minimum atomic E-state index is -5.07. The van der Waals surface area contributed by atoms with Crippen LogP contribution in [0.15, 0.2) is 66.9 Å². The van der Waals surface area contributed by atoms with Crippen molar-refractivity contribution in [2.75, 3.05) is 0 Å². The van der Waals surface area contributed by atoms with Crippen LogP contribution in [0.5, 0.6) is 5.75 Å². The van der Waals surface area contributed by atoms with E-state index in [1.54, 1.807) is 41.2 Å². The van der Waals surface area contributed by atoms with E-state index in [0.717, 1.165) is 6.07 Å². The van der Waals surface area contributed by atoms with Crippen molar-refractivity contribution < 1.29 is 31.5 Å². The zero-order valence-electron chi connectivity index (χ0n) is 18.3. The standard InChI is InChI=1S/C25H18F5N3O2/c1-14-23(21-8-4-18(27)10-16(21)13-32(14)24(34)25(28,29)30)35-20-7-9-22-15(11-20)12-31-33(22)19-5-2-17(26)3-6-19/h2-12,14,23H,13H2,1H3/t14-,23-/m0/s1. The second-order valence-electron chi connectivity index (χ2n) is 8.31. The third kappa shape index (κ3) is 4.20. The minimum absolute atomic E-state index is 0.246. The third-order valence-corrected chi connectivity index (χ3v) is 6.06. The Kier molecular flexibility index (Phi) is 5.46. The number of hydrogen-bond donors (Lipinski definition) is 0. The molecule has 1 amide bonds. The minimum Gasteiger partial charge on any atom is -0.484 e. The van der Waals surface area contributed by atoms with Gasteiger partial charge in [-0.1, -0.05) is 6.07 Å². The smallest absolute Gasteiger partial charge is 0.471 e. The maximum Gasteiger partial charge on any atom is 0.471 e. The van der Waals surface area contributed by atoms with E-state index in [-0.39, 0.29) is 17.9 Å². The number of alkyl halides is 3. The summed E-state index contributed by atoms with van der Waals surface area (Å²) >= 11 is 0. The predicted molar refractivity (Wildman–Crippen MR) is 117 cm³/mol. The number of aromatic nitrogens is 2. The number of nitrogens with zero attached hydrogens (tertiary/aromatic N) is 3. The van der Waals surface area contributed by atoms with Gasteiger partial charge in [0.05, 0.1) is 23.4 Å². The van der Waals surface area contributed by atoms with Gasteiger partial charge in [-0.25, -0.2) is 13.5 Å². The van der Waals surface area contributed by atoms with Gasteiger partial charge in [-0.2, -0.15) is 18.3 Å². The van der Waals surface area contributed by atoms with Crippen LogP contribution in [-0.4, -0.2) is 32.8 Å². The van der Waals surface area contributed by atoms with E-state index in [4.69, 9.17) is 4.74 Å². The Bertz CT molecular complexity index is 1420. The molecule has 0 spiro atoms. The van der Waals surface area contributed by atoms with Gasteiger partial charge in [-0.05, 0) is 72.6 Å². The van der Waals surface area contributed by atoms with Crippen molar-refractivity contribution in [3.05, 3.63) is 89.6 Å². The number of carbonyl (C=O) groups excluding carboxylic acids is 1. The van der Waals surface area contributed by atoms with Gasteiger partial charge in [-0.15, -0.1) is 0 Å². The second kappa shape index (κ2) is 8.37. The van der Waals surface area contributed by atoms with Crippen molar-refractivity contribution in [3.8, 4) is 11.4 Å². The van der Waals surface area contributed by atoms with Gasteiger partial charge in [0, 0.05) is 11.9 Å². The van der Waals surface area contributed by atoms with E-state index in [9.17, 15) is 26.7 Å². The van der Waals surface area contributed by atoms with E-state index in [2.05, 4.69) is 5.10 Å². The van der Waals surface area contributed by atoms with Gasteiger partial charge >= 0.3 is 12.1 Å². The number of hydrogen-bond acceptors (Lipinski definition) is 3. The zero-order valence-corrected chi connectivity index (χ0v) is 18.3. The molecule has 2 atom stereocenters. The van der Waals surface area contributed by atoms with Gasteiger partial charge in [0.15, 0.2) is 0 Å². The fraction of sp³-hybridized carbons (Fsp3) is 0.200. The Morgan fingerprint density at radius 1 is 1.00 bits per heavy atom. The molecule has 0 saturated carbocycles. The van der Waals surface area contributed by atoms with Crippen LogP contribution in [0.25, 0.3) is 16.6 Å². The SMILES string of the molecule is C[C@H]1[C@H](Oc2ccc3c(cnn3-c3ccc(F)cc3)c2)c2ccc(F)cc2CN1C(=O)C(F)(F)F. The topological polar surface area (TPSA) is 47.4 Å². The maximum absolute atomic E-state index is 13.9. The van der Waals surface area contributed by atoms with Gasteiger partial charge < -0.3 is 9.64 Å². The molecule has 0 saturated heterocycles. The number of rotatable bonds is 3. The van der Waals surface area contributed by atoms with Crippen LogP contribution >= 0.6 is 0 Å². The fourth-order valence-electron chi connectivity index (χ4n) is 4.34. The van der Waals surface area contributed by atoms with Crippen molar-refractivity contribution in [1.82, 2.24) is 14.7 Å². The molecule has 0 N–H and O–H groups in total. The highest BCUT2D eigenvalue weighted by Crippen LogP contribution is 2.38. The van der Waals surface area contributed by atoms with Gasteiger partial charge in [0.2, 0.25) is 0 Å². The molecule has 1 aliphatic heterocycles. The summed E-state index contributed by atoms with van der Waals surface area (Å²) in [6.45, 7) is 1.08. The van der Waals surface area contributed by atoms with Crippen molar-refractivity contribution >= 4 is 16.8 Å². The molecule has 10 heteroatoms. The fourth-order valence-corrected chi connectivity index (χ4v) is 4.34. The number of halogens is 5. The first-order valence-electron chi connectivity index (χ1n) is 10.7. The van der Waals surface area contributed by atoms with Crippen molar-refractivity contribution in [2.45, 2.75) is 31.8 Å². The van der Waals surface area contributed by atoms with Gasteiger partial charge in [-0.3, -0.25) is 4.79 Å². The third-order valence-electron chi connectivity index (χ3n) is 6.06. The molecule has 2 heterocycles. The lowest BCUT2D eigenvalue weighted by atomic mass is 9.91. The number of ether oxygens (including phenoxy) is 1. The quantitative estimate of drug-likeness (QED) is 0.348. The summed E-state index contributed by atoms with van der Waals surface area (Å²) in [6, 6.07) is 13.6. The first-order valence-corrected chi connectivity index (χ1v) is 10.7. The first-order chi connectivity index (χ1) is 16.6. The van der Waals surface area contributed by atoms with Gasteiger partial charge in [0.25, 0.3) is 0 Å². The monoisotopic (exact) mass is 487 g/mol. The average Bonchev–Trinajstić information content (AvgIpc) is 3.23. The maximum atomic E-state index is 13.9. The van der Waals surface area contributed by atoms with Crippen LogP contribution in [0.1, 0.15) is 24.2 Å². The molecule has 35 heavy (non-hydrogen) atoms. The number of fused-ring (bicyclic) bond motifs is 2. The van der Waals surface area contributed by atoms with Crippen LogP contribution in [0.3, 0.4) is 0 Å². The molecule has 1 aromatic heterocycles. The van der Waals surface area contributed by atoms with E-state index in [1.807, 2.05) is 0 Å². The van der Waals surface area contributed by atoms with E-state index < -0.39 is 30.0 Å². The molecular weight excluding hydrogens is 469 g/mol. The normalized spacial score (nSPS) is 17.9. The summed E-state index contributed by atoms with van der Waals surface area (Å²) in [6.07, 6.45) is -4.45. The zero-order chi connectivity index (χ0) is 24.9. The Balaban J connectivity index is 1.49. The summed E-state index contributed by atoms with van der Waals surface area (Å²) in [5.74, 6) is -2.67. The molecule has 0 aliphatic carbocycles. The lowest BCUT2D eigenvalue weighted by molar-refractivity contribution is -0.190. The highest BCUT2D eigenvalue weighted by atomic mass is 19.4. The summed E-state index contributed by atoms with van der Waals surface area (Å²) in [7, 11) is 0. The second-order valence-corrected chi connectivity index (χ2v) is 8.31. The summed E-state index contributed by atoms with van der Waals surface area (Å²) in [5.41, 5.74) is 2.10. The highest BCUT2D eigenvalue weighted by Gasteiger charge is 2.47. The van der Waals surface area contributed by atoms with Crippen LogP contribution in [-0.2, 0) is 11.3 Å². The summed E-state index contributed by atoms with van der Waals surface area (Å²) < 4.78 is 74.5. The van der Waals surface area contributed by atoms with E-state index in [0.29, 0.717) is 32.8 Å². The van der Waals surface area contributed by atoms with Crippen molar-refractivity contribution in [3.63, 3.8) is 0 Å². The first kappa shape index (κ1) is 22.8. The van der Waals surface area contributed by atoms with Crippen molar-refractivity contribution in [2.24, 2.45) is 0 Å². The molecule has 0 unspecified atom stereocenters. The van der Waals surface area contributed by atoms with E-state index in [1.165, 1.54) is 31.2 Å². The van der Waals surface area contributed by atoms with E-state index >= 15 is 0 Å². The number of amides is 1. The van der Waals surface area contributed by atoms with Crippen LogP contribution in [0, 0.1) is 11.6 Å². The molecule has 1 aliphatic rings. The molecule has 3 aromatic carbocycles. The van der Waals surface area contributed by atoms with Gasteiger partial charge in [0.1, 0.15) is 23.5 Å². The number of carbonyl (C=O) groups is 1. The highest BCUT2D eigenvalue weighted by molar-refractivity contribution is 5.83. The Morgan fingerprint density at radius 3 is 2.43 bits per heavy atom. The lowest BCUT2D eigenvalue weighted by Gasteiger charge is -2.40. The van der Waals surface area contributed by atoms with Crippen LogP contribution in [0.4, 0.5) is 22.0 Å². The van der Waals surface area contributed by atoms with Crippen LogP contribution in [0.2, 0.25) is 0 Å². The Labute approximate surface area is 196 Å². The molecule has 0 bridgehead atoms. The molecule has 0 fully saturated rings. The molecular formula is C25H18F5N3O2. The largest absolute Gasteiger partial charge is 0.484 e. The molecule has 5 rings (SSSR count).